The van der Waals surface area contributed by atoms with Gasteiger partial charge in [0.15, 0.2) is 0 Å². The highest BCUT2D eigenvalue weighted by atomic mass is 16.6. The summed E-state index contributed by atoms with van der Waals surface area (Å²) in [7, 11) is 0. The topological polar surface area (TPSA) is 50.4 Å². The second-order valence-corrected chi connectivity index (χ2v) is 7.06. The van der Waals surface area contributed by atoms with E-state index in [-0.39, 0.29) is 12.1 Å². The molecular weight excluding hydrogens is 228 g/mol. The molecule has 0 saturated carbocycles. The first kappa shape index (κ1) is 17.2. The van der Waals surface area contributed by atoms with Gasteiger partial charge in [0.1, 0.15) is 5.60 Å². The smallest absolute Gasteiger partial charge is 0.407 e. The molecule has 4 heteroatoms. The molecule has 0 heterocycles. The van der Waals surface area contributed by atoms with Gasteiger partial charge in [0.25, 0.3) is 0 Å². The molecule has 0 saturated heterocycles. The number of alkyl carbamates (subject to hydrolysis) is 1. The van der Waals surface area contributed by atoms with Gasteiger partial charge in [-0.05, 0) is 46.1 Å². The summed E-state index contributed by atoms with van der Waals surface area (Å²) in [5.74, 6) is 0. The Bertz CT molecular complexity index is 252. The fraction of sp³-hybridized carbons (Fsp3) is 0.929. The van der Waals surface area contributed by atoms with Crippen LogP contribution in [-0.4, -0.2) is 30.8 Å². The van der Waals surface area contributed by atoms with Gasteiger partial charge in [-0.2, -0.15) is 0 Å². The van der Waals surface area contributed by atoms with Crippen LogP contribution in [0.5, 0.6) is 0 Å². The monoisotopic (exact) mass is 258 g/mol. The quantitative estimate of drug-likeness (QED) is 0.745. The fourth-order valence-electron chi connectivity index (χ4n) is 1.34. The summed E-state index contributed by atoms with van der Waals surface area (Å²) in [6, 6.07) is 0.0693. The van der Waals surface area contributed by atoms with Gasteiger partial charge < -0.3 is 15.4 Å². The SMILES string of the molecule is CC(CNCCC(C)(C)C)NC(=O)OC(C)(C)C. The van der Waals surface area contributed by atoms with Crippen LogP contribution in [0.1, 0.15) is 54.9 Å². The van der Waals surface area contributed by atoms with Crippen molar-refractivity contribution in [3.05, 3.63) is 0 Å². The molecule has 0 fully saturated rings. The van der Waals surface area contributed by atoms with Crippen molar-refractivity contribution in [2.75, 3.05) is 13.1 Å². The Balaban J connectivity index is 3.72. The normalized spacial score (nSPS) is 14.2. The maximum Gasteiger partial charge on any atom is 0.407 e. The molecule has 0 aromatic carbocycles. The summed E-state index contributed by atoms with van der Waals surface area (Å²) in [5.41, 5.74) is -0.0989. The number of rotatable bonds is 5. The van der Waals surface area contributed by atoms with Crippen molar-refractivity contribution in [1.82, 2.24) is 10.6 Å². The first-order valence-electron chi connectivity index (χ1n) is 6.70. The number of nitrogens with one attached hydrogen (secondary N) is 2. The van der Waals surface area contributed by atoms with Crippen molar-refractivity contribution in [2.24, 2.45) is 5.41 Å². The average molecular weight is 258 g/mol. The predicted molar refractivity (Wildman–Crippen MR) is 75.8 cm³/mol. The zero-order valence-electron chi connectivity index (χ0n) is 13.0. The van der Waals surface area contributed by atoms with Crippen molar-refractivity contribution in [3.8, 4) is 0 Å². The molecule has 0 radical (unpaired) electrons. The highest BCUT2D eigenvalue weighted by Crippen LogP contribution is 2.16. The van der Waals surface area contributed by atoms with Gasteiger partial charge in [-0.25, -0.2) is 4.79 Å². The molecule has 0 aliphatic heterocycles. The lowest BCUT2D eigenvalue weighted by Crippen LogP contribution is -2.43. The molecule has 108 valence electrons. The number of hydrogen-bond donors (Lipinski definition) is 2. The van der Waals surface area contributed by atoms with Crippen LogP contribution in [0.2, 0.25) is 0 Å². The van der Waals surface area contributed by atoms with Crippen LogP contribution in [0.25, 0.3) is 0 Å². The molecule has 18 heavy (non-hydrogen) atoms. The van der Waals surface area contributed by atoms with E-state index in [1.165, 1.54) is 0 Å². The number of carbonyl (C=O) groups excluding carboxylic acids is 1. The van der Waals surface area contributed by atoms with Gasteiger partial charge in [-0.3, -0.25) is 0 Å². The predicted octanol–water partition coefficient (Wildman–Crippen LogP) is 2.93. The summed E-state index contributed by atoms with van der Waals surface area (Å²) in [4.78, 5) is 11.5. The number of ether oxygens (including phenoxy) is 1. The molecule has 1 amide bonds. The van der Waals surface area contributed by atoms with Crippen LogP contribution in [0.4, 0.5) is 4.79 Å². The van der Waals surface area contributed by atoms with Crippen molar-refractivity contribution >= 4 is 6.09 Å². The third-order valence-corrected chi connectivity index (χ3v) is 2.27. The zero-order valence-corrected chi connectivity index (χ0v) is 13.0. The lowest BCUT2D eigenvalue weighted by molar-refractivity contribution is 0.0508. The molecule has 0 aromatic rings. The van der Waals surface area contributed by atoms with E-state index in [2.05, 4.69) is 31.4 Å². The van der Waals surface area contributed by atoms with E-state index in [4.69, 9.17) is 4.74 Å². The summed E-state index contributed by atoms with van der Waals surface area (Å²) in [6.07, 6.45) is 0.763. The van der Waals surface area contributed by atoms with Crippen LogP contribution in [-0.2, 0) is 4.74 Å². The first-order valence-corrected chi connectivity index (χ1v) is 6.70. The zero-order chi connectivity index (χ0) is 14.4. The van der Waals surface area contributed by atoms with Crippen molar-refractivity contribution in [1.29, 1.82) is 0 Å². The first-order chi connectivity index (χ1) is 7.99. The lowest BCUT2D eigenvalue weighted by Gasteiger charge is -2.23. The molecule has 1 unspecified atom stereocenters. The fourth-order valence-corrected chi connectivity index (χ4v) is 1.34. The largest absolute Gasteiger partial charge is 0.444 e. The van der Waals surface area contributed by atoms with Gasteiger partial charge >= 0.3 is 6.09 Å². The Hall–Kier alpha value is -0.770. The maximum atomic E-state index is 11.5. The summed E-state index contributed by atoms with van der Waals surface area (Å²) >= 11 is 0. The molecule has 0 aliphatic rings. The van der Waals surface area contributed by atoms with Crippen molar-refractivity contribution in [2.45, 2.75) is 66.5 Å². The minimum absolute atomic E-state index is 0.0693. The van der Waals surface area contributed by atoms with Crippen LogP contribution in [0.3, 0.4) is 0 Å². The number of hydrogen-bond acceptors (Lipinski definition) is 3. The summed E-state index contributed by atoms with van der Waals surface area (Å²) < 4.78 is 5.19. The van der Waals surface area contributed by atoms with E-state index in [9.17, 15) is 4.79 Å². The van der Waals surface area contributed by atoms with Crippen LogP contribution >= 0.6 is 0 Å². The van der Waals surface area contributed by atoms with Crippen LogP contribution < -0.4 is 10.6 Å². The van der Waals surface area contributed by atoms with Gasteiger partial charge in [-0.15, -0.1) is 0 Å². The highest BCUT2D eigenvalue weighted by Gasteiger charge is 2.17. The van der Waals surface area contributed by atoms with Gasteiger partial charge in [0, 0.05) is 12.6 Å². The number of amides is 1. The highest BCUT2D eigenvalue weighted by molar-refractivity contribution is 5.68. The van der Waals surface area contributed by atoms with Crippen molar-refractivity contribution < 1.29 is 9.53 Å². The third kappa shape index (κ3) is 11.7. The van der Waals surface area contributed by atoms with E-state index in [0.717, 1.165) is 19.5 Å². The van der Waals surface area contributed by atoms with Crippen molar-refractivity contribution in [3.63, 3.8) is 0 Å². The van der Waals surface area contributed by atoms with E-state index in [1.54, 1.807) is 0 Å². The minimum Gasteiger partial charge on any atom is -0.444 e. The Morgan fingerprint density at radius 3 is 2.17 bits per heavy atom. The van der Waals surface area contributed by atoms with E-state index >= 15 is 0 Å². The summed E-state index contributed by atoms with van der Waals surface area (Å²) in [6.45, 7) is 15.9. The Morgan fingerprint density at radius 1 is 1.17 bits per heavy atom. The number of carbonyl (C=O) groups is 1. The molecule has 0 aliphatic carbocycles. The van der Waals surface area contributed by atoms with Gasteiger partial charge in [0.2, 0.25) is 0 Å². The van der Waals surface area contributed by atoms with E-state index in [1.807, 2.05) is 27.7 Å². The lowest BCUT2D eigenvalue weighted by atomic mass is 9.92. The van der Waals surface area contributed by atoms with Crippen LogP contribution in [0.15, 0.2) is 0 Å². The molecule has 0 rings (SSSR count). The Morgan fingerprint density at radius 2 is 1.72 bits per heavy atom. The molecule has 0 bridgehead atoms. The molecular formula is C14H30N2O2. The van der Waals surface area contributed by atoms with Crippen LogP contribution in [0, 0.1) is 5.41 Å². The van der Waals surface area contributed by atoms with E-state index < -0.39 is 5.60 Å². The second kappa shape index (κ2) is 6.98. The standard InChI is InChI=1S/C14H30N2O2/c1-11(10-15-9-8-13(2,3)4)16-12(17)18-14(5,6)7/h11,15H,8-10H2,1-7H3,(H,16,17). The minimum atomic E-state index is -0.441. The Kier molecular flexibility index (Phi) is 6.68. The van der Waals surface area contributed by atoms with Gasteiger partial charge in [0.05, 0.1) is 0 Å². The second-order valence-electron chi connectivity index (χ2n) is 7.06. The van der Waals surface area contributed by atoms with Gasteiger partial charge in [-0.1, -0.05) is 20.8 Å². The maximum absolute atomic E-state index is 11.5. The Labute approximate surface area is 112 Å². The summed E-state index contributed by atoms with van der Waals surface area (Å²) in [5, 5.41) is 6.15. The molecule has 0 aromatic heterocycles. The molecule has 1 atom stereocenters. The molecule has 0 spiro atoms. The van der Waals surface area contributed by atoms with E-state index in [0.29, 0.717) is 5.41 Å². The third-order valence-electron chi connectivity index (χ3n) is 2.27. The molecule has 4 nitrogen and oxygen atoms in total. The average Bonchev–Trinajstić information content (AvgIpc) is 2.07. The molecule has 2 N–H and O–H groups in total.